The summed E-state index contributed by atoms with van der Waals surface area (Å²) < 4.78 is 24.8. The average molecular weight is 324 g/mol. The van der Waals surface area contributed by atoms with Gasteiger partial charge in [-0.25, -0.2) is 18.7 Å². The van der Waals surface area contributed by atoms with E-state index in [1.165, 1.54) is 6.20 Å². The van der Waals surface area contributed by atoms with E-state index >= 15 is 0 Å². The van der Waals surface area contributed by atoms with E-state index in [0.29, 0.717) is 10.6 Å². The second-order valence-corrected chi connectivity index (χ2v) is 4.92. The summed E-state index contributed by atoms with van der Waals surface area (Å²) in [7, 11) is 0. The first-order valence-electron chi connectivity index (χ1n) is 5.19. The monoisotopic (exact) mass is 322 g/mol. The molecule has 1 unspecified atom stereocenters. The van der Waals surface area contributed by atoms with Crippen LogP contribution in [0.4, 0.5) is 8.78 Å². The van der Waals surface area contributed by atoms with Crippen LogP contribution < -0.4 is 0 Å². The Morgan fingerprint density at radius 3 is 2.21 bits per heavy atom. The molecule has 7 heteroatoms. The number of hydrogen-bond donors (Lipinski definition) is 0. The van der Waals surface area contributed by atoms with E-state index < -0.39 is 17.6 Å². The fourth-order valence-corrected chi connectivity index (χ4v) is 2.20. The minimum absolute atomic E-state index is 0.0831. The van der Waals surface area contributed by atoms with Crippen molar-refractivity contribution in [2.75, 3.05) is 0 Å². The summed E-state index contributed by atoms with van der Waals surface area (Å²) in [6.07, 6.45) is -1.56. The highest BCUT2D eigenvalue weighted by molar-refractivity contribution is 6.32. The van der Waals surface area contributed by atoms with Gasteiger partial charge in [0.25, 0.3) is 6.43 Å². The molecular formula is C12H7Cl3F2N2. The molecule has 0 N–H and O–H groups in total. The molecule has 2 nitrogen and oxygen atoms in total. The van der Waals surface area contributed by atoms with Crippen LogP contribution in [-0.2, 0) is 0 Å². The highest BCUT2D eigenvalue weighted by Crippen LogP contribution is 2.33. The van der Waals surface area contributed by atoms with Gasteiger partial charge in [0.2, 0.25) is 0 Å². The first-order valence-corrected chi connectivity index (χ1v) is 6.38. The second kappa shape index (κ2) is 5.99. The summed E-state index contributed by atoms with van der Waals surface area (Å²) in [5.41, 5.74) is 1.09. The lowest BCUT2D eigenvalue weighted by Crippen LogP contribution is -2.02. The van der Waals surface area contributed by atoms with Crippen LogP contribution in [0.1, 0.15) is 28.8 Å². The molecule has 0 aliphatic rings. The van der Waals surface area contributed by atoms with Gasteiger partial charge in [0.05, 0.1) is 5.38 Å². The lowest BCUT2D eigenvalue weighted by Gasteiger charge is -2.12. The molecule has 1 heterocycles. The highest BCUT2D eigenvalue weighted by Gasteiger charge is 2.19. The predicted octanol–water partition coefficient (Wildman–Crippen LogP) is 5.05. The molecule has 2 rings (SSSR count). The zero-order chi connectivity index (χ0) is 14.0. The van der Waals surface area contributed by atoms with Crippen LogP contribution in [0.5, 0.6) is 0 Å². The molecule has 19 heavy (non-hydrogen) atoms. The number of halogens is 5. The van der Waals surface area contributed by atoms with Crippen molar-refractivity contribution in [2.45, 2.75) is 11.8 Å². The number of alkyl halides is 3. The quantitative estimate of drug-likeness (QED) is 0.583. The fraction of sp³-hybridized carbons (Fsp3) is 0.167. The molecule has 0 fully saturated rings. The van der Waals surface area contributed by atoms with Crippen LogP contribution in [0, 0.1) is 0 Å². The van der Waals surface area contributed by atoms with E-state index in [2.05, 4.69) is 9.97 Å². The number of nitrogens with zero attached hydrogens (tertiary/aromatic N) is 2. The molecule has 0 amide bonds. The maximum absolute atomic E-state index is 12.4. The van der Waals surface area contributed by atoms with Gasteiger partial charge in [-0.1, -0.05) is 35.3 Å². The summed E-state index contributed by atoms with van der Waals surface area (Å²) in [5, 5.41) is -0.139. The zero-order valence-electron chi connectivity index (χ0n) is 9.33. The smallest absolute Gasteiger partial charge is 0.235 e. The minimum atomic E-state index is -2.77. The molecule has 1 aromatic heterocycles. The van der Waals surface area contributed by atoms with E-state index in [0.717, 1.165) is 5.56 Å². The van der Waals surface area contributed by atoms with Crippen molar-refractivity contribution in [1.82, 2.24) is 9.97 Å². The van der Waals surface area contributed by atoms with Crippen LogP contribution in [0.25, 0.3) is 0 Å². The molecule has 0 aliphatic carbocycles. The van der Waals surface area contributed by atoms with E-state index in [1.807, 2.05) is 0 Å². The van der Waals surface area contributed by atoms with E-state index in [1.54, 1.807) is 24.3 Å². The third-order valence-electron chi connectivity index (χ3n) is 2.42. The van der Waals surface area contributed by atoms with Crippen molar-refractivity contribution in [3.05, 3.63) is 57.6 Å². The Bertz CT molecular complexity index is 576. The predicted molar refractivity (Wildman–Crippen MR) is 71.1 cm³/mol. The minimum Gasteiger partial charge on any atom is -0.235 e. The molecule has 0 radical (unpaired) electrons. The van der Waals surface area contributed by atoms with Crippen molar-refractivity contribution >= 4 is 34.8 Å². The van der Waals surface area contributed by atoms with Gasteiger partial charge in [-0.15, -0.1) is 11.6 Å². The maximum Gasteiger partial charge on any atom is 0.297 e. The number of benzene rings is 1. The Kier molecular flexibility index (Phi) is 4.55. The van der Waals surface area contributed by atoms with E-state index in [9.17, 15) is 8.78 Å². The molecule has 1 atom stereocenters. The van der Waals surface area contributed by atoms with Crippen molar-refractivity contribution < 1.29 is 8.78 Å². The normalized spacial score (nSPS) is 12.7. The summed E-state index contributed by atoms with van der Waals surface area (Å²) in [6, 6.07) is 6.79. The van der Waals surface area contributed by atoms with Crippen LogP contribution >= 0.6 is 34.8 Å². The Morgan fingerprint density at radius 1 is 1.05 bits per heavy atom. The van der Waals surface area contributed by atoms with Gasteiger partial charge < -0.3 is 0 Å². The van der Waals surface area contributed by atoms with Gasteiger partial charge >= 0.3 is 0 Å². The molecular weight excluding hydrogens is 317 g/mol. The number of rotatable bonds is 3. The Labute approximate surface area is 123 Å². The molecule has 1 aromatic carbocycles. The maximum atomic E-state index is 12.4. The highest BCUT2D eigenvalue weighted by atomic mass is 35.5. The summed E-state index contributed by atoms with van der Waals surface area (Å²) in [4.78, 5) is 7.08. The lowest BCUT2D eigenvalue weighted by atomic mass is 10.1. The Hall–Kier alpha value is -0.970. The number of aromatic nitrogens is 2. The number of hydrogen-bond acceptors (Lipinski definition) is 2. The zero-order valence-corrected chi connectivity index (χ0v) is 11.6. The first kappa shape index (κ1) is 14.4. The second-order valence-electron chi connectivity index (χ2n) is 3.69. The summed E-state index contributed by atoms with van der Waals surface area (Å²) in [5.74, 6) is -0.617. The van der Waals surface area contributed by atoms with Gasteiger partial charge in [-0.05, 0) is 17.7 Å². The SMILES string of the molecule is FC(F)c1ncc(C(Cl)c2ccc(Cl)cc2)c(Cl)n1. The molecule has 0 bridgehead atoms. The largest absolute Gasteiger partial charge is 0.297 e. The van der Waals surface area contributed by atoms with Crippen molar-refractivity contribution in [3.63, 3.8) is 0 Å². The average Bonchev–Trinajstić information content (AvgIpc) is 2.38. The first-order chi connectivity index (χ1) is 8.99. The van der Waals surface area contributed by atoms with Crippen LogP contribution in [0.15, 0.2) is 30.5 Å². The van der Waals surface area contributed by atoms with Crippen LogP contribution in [-0.4, -0.2) is 9.97 Å². The Balaban J connectivity index is 2.33. The molecule has 0 aliphatic heterocycles. The molecule has 0 saturated carbocycles. The summed E-state index contributed by atoms with van der Waals surface area (Å²) >= 11 is 17.9. The van der Waals surface area contributed by atoms with Crippen LogP contribution in [0.3, 0.4) is 0 Å². The van der Waals surface area contributed by atoms with E-state index in [4.69, 9.17) is 34.8 Å². The van der Waals surface area contributed by atoms with Gasteiger partial charge in [0.15, 0.2) is 5.82 Å². The molecule has 100 valence electrons. The molecule has 2 aromatic rings. The van der Waals surface area contributed by atoms with Crippen molar-refractivity contribution in [3.8, 4) is 0 Å². The van der Waals surface area contributed by atoms with Gasteiger partial charge in [-0.2, -0.15) is 0 Å². The van der Waals surface area contributed by atoms with Crippen molar-refractivity contribution in [2.24, 2.45) is 0 Å². The summed E-state index contributed by atoms with van der Waals surface area (Å²) in [6.45, 7) is 0. The molecule has 0 saturated heterocycles. The van der Waals surface area contributed by atoms with Gasteiger partial charge in [-0.3, -0.25) is 0 Å². The van der Waals surface area contributed by atoms with E-state index in [-0.39, 0.29) is 5.15 Å². The lowest BCUT2D eigenvalue weighted by molar-refractivity contribution is 0.140. The Morgan fingerprint density at radius 2 is 1.68 bits per heavy atom. The van der Waals surface area contributed by atoms with Crippen molar-refractivity contribution in [1.29, 1.82) is 0 Å². The standard InChI is InChI=1S/C12H7Cl3F2N2/c13-7-3-1-6(2-4-7)9(14)8-5-18-12(11(16)17)19-10(8)15/h1-5,9,11H. The van der Waals surface area contributed by atoms with Crippen LogP contribution in [0.2, 0.25) is 10.2 Å². The topological polar surface area (TPSA) is 25.8 Å². The molecule has 0 spiro atoms. The fourth-order valence-electron chi connectivity index (χ4n) is 1.47. The third kappa shape index (κ3) is 3.32. The van der Waals surface area contributed by atoms with Gasteiger partial charge in [0, 0.05) is 16.8 Å². The van der Waals surface area contributed by atoms with Gasteiger partial charge in [0.1, 0.15) is 5.15 Å². The third-order valence-corrected chi connectivity index (χ3v) is 3.46.